The summed E-state index contributed by atoms with van der Waals surface area (Å²) in [6.45, 7) is 4.28. The number of nitrogen functional groups attached to an aromatic ring is 1. The van der Waals surface area contributed by atoms with Crippen LogP contribution in [-0.2, 0) is 0 Å². The molecule has 0 aliphatic heterocycles. The van der Waals surface area contributed by atoms with Crippen LogP contribution in [0.1, 0.15) is 26.7 Å². The number of hydrogen-bond acceptors (Lipinski definition) is 5. The minimum atomic E-state index is -0.756. The molecule has 1 unspecified atom stereocenters. The van der Waals surface area contributed by atoms with Gasteiger partial charge in [0.2, 0.25) is 0 Å². The second kappa shape index (κ2) is 6.52. The smallest absolute Gasteiger partial charge is 0.162 e. The van der Waals surface area contributed by atoms with E-state index in [2.05, 4.69) is 5.32 Å². The van der Waals surface area contributed by atoms with Crippen LogP contribution in [0, 0.1) is 0 Å². The first kappa shape index (κ1) is 15.4. The molecular formula is C14H24N2O3. The SMILES string of the molecule is CCCC(C)(O)CNc1cc(OC)c(OC)cc1N. The molecule has 1 aromatic rings. The molecule has 0 saturated carbocycles. The zero-order valence-electron chi connectivity index (χ0n) is 12.1. The average Bonchev–Trinajstić information content (AvgIpc) is 2.36. The lowest BCUT2D eigenvalue weighted by Gasteiger charge is -2.24. The molecule has 0 amide bonds. The Morgan fingerprint density at radius 1 is 1.26 bits per heavy atom. The van der Waals surface area contributed by atoms with Crippen molar-refractivity contribution >= 4 is 11.4 Å². The Balaban J connectivity index is 2.84. The molecule has 0 aromatic heterocycles. The zero-order chi connectivity index (χ0) is 14.5. The van der Waals surface area contributed by atoms with Gasteiger partial charge in [0.1, 0.15) is 0 Å². The number of aliphatic hydroxyl groups is 1. The first-order valence-corrected chi connectivity index (χ1v) is 6.41. The Morgan fingerprint density at radius 3 is 2.37 bits per heavy atom. The summed E-state index contributed by atoms with van der Waals surface area (Å²) in [5.74, 6) is 1.19. The standard InChI is InChI=1S/C14H24N2O3/c1-5-6-14(2,17)9-16-11-8-13(19-4)12(18-3)7-10(11)15/h7-8,16-17H,5-6,9,15H2,1-4H3. The summed E-state index contributed by atoms with van der Waals surface area (Å²) in [5.41, 5.74) is 6.48. The van der Waals surface area contributed by atoms with Crippen LogP contribution in [0.2, 0.25) is 0 Å². The Labute approximate surface area is 114 Å². The largest absolute Gasteiger partial charge is 0.493 e. The van der Waals surface area contributed by atoms with Gasteiger partial charge in [0.15, 0.2) is 11.5 Å². The Kier molecular flexibility index (Phi) is 5.30. The van der Waals surface area contributed by atoms with Crippen molar-refractivity contribution in [1.29, 1.82) is 0 Å². The van der Waals surface area contributed by atoms with E-state index in [9.17, 15) is 5.11 Å². The van der Waals surface area contributed by atoms with E-state index in [1.165, 1.54) is 0 Å². The summed E-state index contributed by atoms with van der Waals surface area (Å²) in [5, 5.41) is 13.3. The number of nitrogens with one attached hydrogen (secondary N) is 1. The van der Waals surface area contributed by atoms with Crippen LogP contribution in [-0.4, -0.2) is 31.5 Å². The molecule has 0 bridgehead atoms. The van der Waals surface area contributed by atoms with Crippen molar-refractivity contribution in [2.24, 2.45) is 0 Å². The second-order valence-electron chi connectivity index (χ2n) is 4.89. The van der Waals surface area contributed by atoms with E-state index in [1.807, 2.05) is 6.92 Å². The molecule has 1 atom stereocenters. The van der Waals surface area contributed by atoms with Gasteiger partial charge in [0.25, 0.3) is 0 Å². The second-order valence-corrected chi connectivity index (χ2v) is 4.89. The molecule has 0 saturated heterocycles. The minimum absolute atomic E-state index is 0.431. The van der Waals surface area contributed by atoms with E-state index in [4.69, 9.17) is 15.2 Å². The Morgan fingerprint density at radius 2 is 1.84 bits per heavy atom. The number of ether oxygens (including phenoxy) is 2. The molecule has 0 aliphatic rings. The highest BCUT2D eigenvalue weighted by Crippen LogP contribution is 2.35. The number of methoxy groups -OCH3 is 2. The summed E-state index contributed by atoms with van der Waals surface area (Å²) in [6.07, 6.45) is 1.66. The van der Waals surface area contributed by atoms with E-state index >= 15 is 0 Å². The topological polar surface area (TPSA) is 76.7 Å². The van der Waals surface area contributed by atoms with E-state index in [0.717, 1.165) is 18.5 Å². The summed E-state index contributed by atoms with van der Waals surface area (Å²) in [6, 6.07) is 3.48. The lowest BCUT2D eigenvalue weighted by molar-refractivity contribution is 0.0637. The lowest BCUT2D eigenvalue weighted by Crippen LogP contribution is -2.33. The lowest BCUT2D eigenvalue weighted by atomic mass is 10.0. The van der Waals surface area contributed by atoms with Gasteiger partial charge in [-0.3, -0.25) is 0 Å². The number of nitrogens with two attached hydrogens (primary N) is 1. The van der Waals surface area contributed by atoms with Crippen molar-refractivity contribution in [2.75, 3.05) is 31.8 Å². The molecule has 19 heavy (non-hydrogen) atoms. The number of benzene rings is 1. The Bertz CT molecular complexity index is 419. The maximum atomic E-state index is 10.1. The fraction of sp³-hybridized carbons (Fsp3) is 0.571. The first-order valence-electron chi connectivity index (χ1n) is 6.41. The van der Waals surface area contributed by atoms with E-state index in [1.54, 1.807) is 33.3 Å². The molecular weight excluding hydrogens is 244 g/mol. The zero-order valence-corrected chi connectivity index (χ0v) is 12.1. The van der Waals surface area contributed by atoms with Crippen LogP contribution in [0.25, 0.3) is 0 Å². The van der Waals surface area contributed by atoms with Crippen molar-refractivity contribution in [3.05, 3.63) is 12.1 Å². The monoisotopic (exact) mass is 268 g/mol. The highest BCUT2D eigenvalue weighted by atomic mass is 16.5. The van der Waals surface area contributed by atoms with E-state index in [-0.39, 0.29) is 0 Å². The number of rotatable bonds is 7. The molecule has 5 nitrogen and oxygen atoms in total. The molecule has 5 heteroatoms. The van der Waals surface area contributed by atoms with Gasteiger partial charge in [0, 0.05) is 18.7 Å². The molecule has 0 spiro atoms. The van der Waals surface area contributed by atoms with Crippen LogP contribution in [0.15, 0.2) is 12.1 Å². The molecule has 1 rings (SSSR count). The third kappa shape index (κ3) is 4.21. The summed E-state index contributed by atoms with van der Waals surface area (Å²) in [7, 11) is 3.14. The van der Waals surface area contributed by atoms with Gasteiger partial charge in [-0.1, -0.05) is 13.3 Å². The van der Waals surface area contributed by atoms with Gasteiger partial charge in [0.05, 0.1) is 31.2 Å². The van der Waals surface area contributed by atoms with Crippen LogP contribution in [0.5, 0.6) is 11.5 Å². The van der Waals surface area contributed by atoms with Gasteiger partial charge >= 0.3 is 0 Å². The number of anilines is 2. The summed E-state index contributed by atoms with van der Waals surface area (Å²) >= 11 is 0. The van der Waals surface area contributed by atoms with Gasteiger partial charge < -0.3 is 25.6 Å². The minimum Gasteiger partial charge on any atom is -0.493 e. The predicted molar refractivity (Wildman–Crippen MR) is 78.0 cm³/mol. The Hall–Kier alpha value is -1.62. The van der Waals surface area contributed by atoms with E-state index < -0.39 is 5.60 Å². The molecule has 0 fully saturated rings. The highest BCUT2D eigenvalue weighted by molar-refractivity contribution is 5.72. The van der Waals surface area contributed by atoms with Crippen molar-refractivity contribution in [2.45, 2.75) is 32.3 Å². The average molecular weight is 268 g/mol. The predicted octanol–water partition coefficient (Wildman–Crippen LogP) is 2.25. The van der Waals surface area contributed by atoms with Gasteiger partial charge in [-0.15, -0.1) is 0 Å². The number of hydrogen-bond donors (Lipinski definition) is 3. The van der Waals surface area contributed by atoms with Crippen LogP contribution in [0.3, 0.4) is 0 Å². The van der Waals surface area contributed by atoms with Crippen LogP contribution >= 0.6 is 0 Å². The molecule has 108 valence electrons. The fourth-order valence-electron chi connectivity index (χ4n) is 1.96. The summed E-state index contributed by atoms with van der Waals surface area (Å²) in [4.78, 5) is 0. The molecule has 0 aliphatic carbocycles. The maximum Gasteiger partial charge on any atom is 0.162 e. The third-order valence-corrected chi connectivity index (χ3v) is 3.00. The van der Waals surface area contributed by atoms with E-state index in [0.29, 0.717) is 23.7 Å². The molecule has 0 radical (unpaired) electrons. The summed E-state index contributed by atoms with van der Waals surface area (Å²) < 4.78 is 10.4. The van der Waals surface area contributed by atoms with Gasteiger partial charge in [-0.05, 0) is 13.3 Å². The van der Waals surface area contributed by atoms with Gasteiger partial charge in [-0.2, -0.15) is 0 Å². The first-order chi connectivity index (χ1) is 8.93. The van der Waals surface area contributed by atoms with Crippen molar-refractivity contribution in [3.63, 3.8) is 0 Å². The third-order valence-electron chi connectivity index (χ3n) is 3.00. The van der Waals surface area contributed by atoms with Gasteiger partial charge in [-0.25, -0.2) is 0 Å². The molecule has 4 N–H and O–H groups in total. The fourth-order valence-corrected chi connectivity index (χ4v) is 1.96. The molecule has 0 heterocycles. The maximum absolute atomic E-state index is 10.1. The van der Waals surface area contributed by atoms with Crippen LogP contribution in [0.4, 0.5) is 11.4 Å². The molecule has 1 aromatic carbocycles. The highest BCUT2D eigenvalue weighted by Gasteiger charge is 2.19. The van der Waals surface area contributed by atoms with Crippen molar-refractivity contribution in [1.82, 2.24) is 0 Å². The normalized spacial score (nSPS) is 13.7. The quantitative estimate of drug-likeness (QED) is 0.661. The van der Waals surface area contributed by atoms with Crippen molar-refractivity contribution < 1.29 is 14.6 Å². The van der Waals surface area contributed by atoms with Crippen molar-refractivity contribution in [3.8, 4) is 11.5 Å². The van der Waals surface area contributed by atoms with Crippen LogP contribution < -0.4 is 20.5 Å².